The van der Waals surface area contributed by atoms with Crippen molar-refractivity contribution in [1.29, 1.82) is 0 Å². The maximum absolute atomic E-state index is 5.77. The van der Waals surface area contributed by atoms with Gasteiger partial charge < -0.3 is 9.73 Å². The van der Waals surface area contributed by atoms with Crippen LogP contribution in [-0.4, -0.2) is 15.7 Å². The van der Waals surface area contributed by atoms with Crippen LogP contribution in [0.25, 0.3) is 10.8 Å². The van der Waals surface area contributed by atoms with Gasteiger partial charge in [0.05, 0.1) is 11.4 Å². The van der Waals surface area contributed by atoms with E-state index in [1.807, 2.05) is 11.3 Å². The Hall–Kier alpha value is -1.20. The van der Waals surface area contributed by atoms with E-state index in [9.17, 15) is 0 Å². The van der Waals surface area contributed by atoms with Crippen molar-refractivity contribution in [2.45, 2.75) is 58.5 Å². The smallest absolute Gasteiger partial charge is 0.257 e. The van der Waals surface area contributed by atoms with E-state index in [1.54, 1.807) is 0 Å². The molecule has 0 spiro atoms. The normalized spacial score (nSPS) is 15.3. The Morgan fingerprint density at radius 1 is 1.25 bits per heavy atom. The molecule has 0 aliphatic heterocycles. The van der Waals surface area contributed by atoms with Gasteiger partial charge in [-0.3, -0.25) is 0 Å². The number of nitrogens with zero attached hydrogens (tertiary/aromatic N) is 2. The molecule has 3 rings (SSSR count). The van der Waals surface area contributed by atoms with Gasteiger partial charge in [-0.2, -0.15) is 0 Å². The fourth-order valence-corrected chi connectivity index (χ4v) is 3.54. The van der Waals surface area contributed by atoms with Gasteiger partial charge in [-0.15, -0.1) is 21.5 Å². The summed E-state index contributed by atoms with van der Waals surface area (Å²) >= 11 is 1.81. The molecule has 2 aromatic rings. The number of rotatable bonds is 3. The van der Waals surface area contributed by atoms with E-state index in [2.05, 4.69) is 42.4 Å². The molecule has 0 fully saturated rings. The van der Waals surface area contributed by atoms with Crippen LogP contribution >= 0.6 is 11.3 Å². The zero-order chi connectivity index (χ0) is 14.2. The highest BCUT2D eigenvalue weighted by atomic mass is 32.1. The Bertz CT molecular complexity index is 571. The molecular formula is C15H21N3OS. The van der Waals surface area contributed by atoms with Gasteiger partial charge in [-0.1, -0.05) is 0 Å². The van der Waals surface area contributed by atoms with Gasteiger partial charge in [0.25, 0.3) is 5.89 Å². The van der Waals surface area contributed by atoms with E-state index >= 15 is 0 Å². The molecule has 0 atom stereocenters. The lowest BCUT2D eigenvalue weighted by molar-refractivity contribution is 0.384. The molecule has 1 N–H and O–H groups in total. The van der Waals surface area contributed by atoms with E-state index in [0.717, 1.165) is 4.88 Å². The summed E-state index contributed by atoms with van der Waals surface area (Å²) in [6.07, 6.45) is 5.00. The van der Waals surface area contributed by atoms with Crippen LogP contribution in [-0.2, 0) is 19.4 Å². The maximum Gasteiger partial charge on any atom is 0.257 e. The monoisotopic (exact) mass is 291 g/mol. The third kappa shape index (κ3) is 3.10. The molecule has 1 aliphatic carbocycles. The summed E-state index contributed by atoms with van der Waals surface area (Å²) < 4.78 is 5.77. The molecule has 0 saturated carbocycles. The second kappa shape index (κ2) is 5.30. The molecule has 0 saturated heterocycles. The molecule has 2 heterocycles. The van der Waals surface area contributed by atoms with E-state index in [1.165, 1.54) is 36.1 Å². The largest absolute Gasteiger partial charge is 0.419 e. The van der Waals surface area contributed by atoms with Crippen molar-refractivity contribution in [3.63, 3.8) is 0 Å². The van der Waals surface area contributed by atoms with E-state index in [-0.39, 0.29) is 5.54 Å². The summed E-state index contributed by atoms with van der Waals surface area (Å²) in [6.45, 7) is 6.98. The van der Waals surface area contributed by atoms with Gasteiger partial charge >= 0.3 is 0 Å². The first-order chi connectivity index (χ1) is 9.51. The third-order valence-corrected chi connectivity index (χ3v) is 4.67. The van der Waals surface area contributed by atoms with E-state index in [0.29, 0.717) is 18.3 Å². The summed E-state index contributed by atoms with van der Waals surface area (Å²) in [7, 11) is 0. The summed E-state index contributed by atoms with van der Waals surface area (Å²) in [5.74, 6) is 1.32. The lowest BCUT2D eigenvalue weighted by atomic mass is 9.99. The Kier molecular flexibility index (Phi) is 3.65. The maximum atomic E-state index is 5.77. The first-order valence-electron chi connectivity index (χ1n) is 7.21. The standard InChI is InChI=1S/C15H21N3OS/c1-15(2,3)16-9-13-17-18-14(19-13)12-8-10-6-4-5-7-11(10)20-12/h8,16H,4-7,9H2,1-3H3. The van der Waals surface area contributed by atoms with Crippen molar-refractivity contribution >= 4 is 11.3 Å². The highest BCUT2D eigenvalue weighted by Crippen LogP contribution is 2.35. The number of aromatic nitrogens is 2. The van der Waals surface area contributed by atoms with Gasteiger partial charge in [0.1, 0.15) is 0 Å². The molecule has 0 aromatic carbocycles. The molecule has 108 valence electrons. The van der Waals surface area contributed by atoms with Crippen LogP contribution < -0.4 is 5.32 Å². The first-order valence-corrected chi connectivity index (χ1v) is 8.02. The van der Waals surface area contributed by atoms with Gasteiger partial charge in [0, 0.05) is 10.4 Å². The topological polar surface area (TPSA) is 51.0 Å². The minimum Gasteiger partial charge on any atom is -0.419 e. The number of fused-ring (bicyclic) bond motifs is 1. The van der Waals surface area contributed by atoms with Crippen LogP contribution in [0.3, 0.4) is 0 Å². The second-order valence-electron chi connectivity index (χ2n) is 6.37. The summed E-state index contributed by atoms with van der Waals surface area (Å²) in [6, 6.07) is 2.23. The molecule has 4 nitrogen and oxygen atoms in total. The lowest BCUT2D eigenvalue weighted by Crippen LogP contribution is -2.35. The number of hydrogen-bond donors (Lipinski definition) is 1. The molecule has 2 aromatic heterocycles. The van der Waals surface area contributed by atoms with Gasteiger partial charge in [0.15, 0.2) is 0 Å². The lowest BCUT2D eigenvalue weighted by Gasteiger charge is -2.18. The third-order valence-electron chi connectivity index (χ3n) is 3.44. The molecule has 20 heavy (non-hydrogen) atoms. The summed E-state index contributed by atoms with van der Waals surface area (Å²) in [4.78, 5) is 2.62. The predicted octanol–water partition coefficient (Wildman–Crippen LogP) is 3.57. The van der Waals surface area contributed by atoms with E-state index in [4.69, 9.17) is 4.42 Å². The molecule has 0 radical (unpaired) electrons. The highest BCUT2D eigenvalue weighted by molar-refractivity contribution is 7.15. The van der Waals surface area contributed by atoms with Crippen molar-refractivity contribution in [1.82, 2.24) is 15.5 Å². The zero-order valence-corrected chi connectivity index (χ0v) is 13.1. The minimum atomic E-state index is 0.0522. The predicted molar refractivity (Wildman–Crippen MR) is 80.8 cm³/mol. The summed E-state index contributed by atoms with van der Waals surface area (Å²) in [5.41, 5.74) is 1.53. The fraction of sp³-hybridized carbons (Fsp3) is 0.600. The number of aryl methyl sites for hydroxylation is 2. The fourth-order valence-electron chi connectivity index (χ4n) is 2.36. The van der Waals surface area contributed by atoms with Crippen LogP contribution in [0.15, 0.2) is 10.5 Å². The Labute approximate surface area is 123 Å². The molecule has 0 amide bonds. The van der Waals surface area contributed by atoms with Gasteiger partial charge in [-0.05, 0) is 58.1 Å². The van der Waals surface area contributed by atoms with Crippen molar-refractivity contribution in [3.8, 4) is 10.8 Å². The van der Waals surface area contributed by atoms with Crippen LogP contribution in [0.4, 0.5) is 0 Å². The molecule has 5 heteroatoms. The zero-order valence-electron chi connectivity index (χ0n) is 12.3. The molecular weight excluding hydrogens is 270 g/mol. The highest BCUT2D eigenvalue weighted by Gasteiger charge is 2.18. The van der Waals surface area contributed by atoms with Crippen molar-refractivity contribution < 1.29 is 4.42 Å². The summed E-state index contributed by atoms with van der Waals surface area (Å²) in [5, 5.41) is 11.7. The van der Waals surface area contributed by atoms with Crippen LogP contribution in [0, 0.1) is 0 Å². The Morgan fingerprint density at radius 3 is 2.80 bits per heavy atom. The minimum absolute atomic E-state index is 0.0522. The van der Waals surface area contributed by atoms with Crippen molar-refractivity contribution in [2.75, 3.05) is 0 Å². The molecule has 1 aliphatic rings. The number of thiophene rings is 1. The van der Waals surface area contributed by atoms with Gasteiger partial charge in [0.2, 0.25) is 5.89 Å². The van der Waals surface area contributed by atoms with Crippen LogP contribution in [0.1, 0.15) is 49.9 Å². The van der Waals surface area contributed by atoms with Crippen LogP contribution in [0.2, 0.25) is 0 Å². The second-order valence-corrected chi connectivity index (χ2v) is 7.51. The average Bonchev–Trinajstić information content (AvgIpc) is 3.01. The molecule has 0 bridgehead atoms. The van der Waals surface area contributed by atoms with Crippen molar-refractivity contribution in [3.05, 3.63) is 22.4 Å². The quantitative estimate of drug-likeness (QED) is 0.939. The van der Waals surface area contributed by atoms with Crippen molar-refractivity contribution in [2.24, 2.45) is 0 Å². The Morgan fingerprint density at radius 2 is 2.05 bits per heavy atom. The SMILES string of the molecule is CC(C)(C)NCc1nnc(-c2cc3c(s2)CCCC3)o1. The first kappa shape index (κ1) is 13.8. The van der Waals surface area contributed by atoms with E-state index < -0.39 is 0 Å². The average molecular weight is 291 g/mol. The van der Waals surface area contributed by atoms with Gasteiger partial charge in [-0.25, -0.2) is 0 Å². The van der Waals surface area contributed by atoms with Crippen LogP contribution in [0.5, 0.6) is 0 Å². The number of hydrogen-bond acceptors (Lipinski definition) is 5. The molecule has 0 unspecified atom stereocenters. The Balaban J connectivity index is 1.74. The number of nitrogens with one attached hydrogen (secondary N) is 1.